The Kier molecular flexibility index (Phi) is 7.83. The molecular weight excluding hydrogens is 451 g/mol. The number of hydrogen-bond acceptors (Lipinski definition) is 5. The van der Waals surface area contributed by atoms with Gasteiger partial charge in [0.05, 0.1) is 22.7 Å². The van der Waals surface area contributed by atoms with Crippen LogP contribution in [-0.4, -0.2) is 61.6 Å². The van der Waals surface area contributed by atoms with E-state index < -0.39 is 5.97 Å². The van der Waals surface area contributed by atoms with Gasteiger partial charge in [-0.15, -0.1) is 0 Å². The maximum Gasteiger partial charge on any atom is 0.337 e. The number of halogens is 3. The van der Waals surface area contributed by atoms with Crippen molar-refractivity contribution in [2.45, 2.75) is 6.54 Å². The van der Waals surface area contributed by atoms with Gasteiger partial charge in [0.25, 0.3) is 5.91 Å². The van der Waals surface area contributed by atoms with Gasteiger partial charge in [-0.3, -0.25) is 9.69 Å². The van der Waals surface area contributed by atoms with Crippen molar-refractivity contribution in [1.29, 1.82) is 0 Å². The molecule has 0 radical (unpaired) electrons. The van der Waals surface area contributed by atoms with Crippen LogP contribution in [0.5, 0.6) is 5.75 Å². The molecule has 6 nitrogen and oxygen atoms in total. The van der Waals surface area contributed by atoms with Gasteiger partial charge in [-0.2, -0.15) is 0 Å². The molecule has 0 atom stereocenters. The van der Waals surface area contributed by atoms with Crippen molar-refractivity contribution >= 4 is 46.7 Å². The number of piperazine rings is 1. The Morgan fingerprint density at radius 3 is 2.13 bits per heavy atom. The third-order valence-electron chi connectivity index (χ3n) is 4.80. The molecule has 0 N–H and O–H groups in total. The molecule has 0 aliphatic carbocycles. The van der Waals surface area contributed by atoms with Crippen molar-refractivity contribution in [3.8, 4) is 5.75 Å². The predicted molar refractivity (Wildman–Crippen MR) is 117 cm³/mol. The minimum absolute atomic E-state index is 0.142. The number of rotatable bonds is 6. The first-order chi connectivity index (χ1) is 14.4. The molecule has 2 aromatic carbocycles. The Morgan fingerprint density at radius 1 is 0.967 bits per heavy atom. The van der Waals surface area contributed by atoms with Crippen LogP contribution in [0.15, 0.2) is 36.4 Å². The molecule has 30 heavy (non-hydrogen) atoms. The number of benzene rings is 2. The van der Waals surface area contributed by atoms with Crippen LogP contribution in [-0.2, 0) is 16.1 Å². The van der Waals surface area contributed by atoms with Gasteiger partial charge >= 0.3 is 5.97 Å². The lowest BCUT2D eigenvalue weighted by atomic mass is 10.2. The lowest BCUT2D eigenvalue weighted by Crippen LogP contribution is -2.49. The van der Waals surface area contributed by atoms with Crippen molar-refractivity contribution < 1.29 is 19.1 Å². The Balaban J connectivity index is 1.50. The zero-order chi connectivity index (χ0) is 21.7. The van der Waals surface area contributed by atoms with E-state index in [9.17, 15) is 9.59 Å². The van der Waals surface area contributed by atoms with Crippen LogP contribution in [0.3, 0.4) is 0 Å². The molecule has 0 spiro atoms. The topological polar surface area (TPSA) is 59.1 Å². The maximum absolute atomic E-state index is 12.5. The van der Waals surface area contributed by atoms with Crippen molar-refractivity contribution in [3.05, 3.63) is 62.6 Å². The summed E-state index contributed by atoms with van der Waals surface area (Å²) in [6.07, 6.45) is 0. The smallest absolute Gasteiger partial charge is 0.337 e. The quantitative estimate of drug-likeness (QED) is 0.592. The second-order valence-electron chi connectivity index (χ2n) is 6.83. The summed E-state index contributed by atoms with van der Waals surface area (Å²) in [6, 6.07) is 10.6. The molecule has 1 aliphatic heterocycles. The molecule has 1 amide bonds. The molecule has 0 bridgehead atoms. The van der Waals surface area contributed by atoms with E-state index in [4.69, 9.17) is 39.5 Å². The van der Waals surface area contributed by atoms with Gasteiger partial charge in [0.2, 0.25) is 0 Å². The molecule has 1 aliphatic rings. The molecule has 3 rings (SSSR count). The Labute approximate surface area is 190 Å². The maximum atomic E-state index is 12.5. The predicted octanol–water partition coefficient (Wildman–Crippen LogP) is 4.16. The number of carbonyl (C=O) groups excluding carboxylic acids is 2. The summed E-state index contributed by atoms with van der Waals surface area (Å²) in [5, 5.41) is 1.00. The summed E-state index contributed by atoms with van der Waals surface area (Å²) < 4.78 is 10.2. The Hall–Kier alpha value is -1.99. The highest BCUT2D eigenvalue weighted by atomic mass is 35.5. The van der Waals surface area contributed by atoms with E-state index in [0.717, 1.165) is 19.6 Å². The van der Waals surface area contributed by atoms with E-state index in [1.165, 1.54) is 24.8 Å². The normalized spacial score (nSPS) is 14.5. The van der Waals surface area contributed by atoms with Crippen LogP contribution in [0.2, 0.25) is 15.1 Å². The fourth-order valence-corrected chi connectivity index (χ4v) is 3.88. The minimum atomic E-state index is -0.558. The molecule has 1 fully saturated rings. The number of methoxy groups -OCH3 is 1. The summed E-state index contributed by atoms with van der Waals surface area (Å²) in [5.74, 6) is -0.538. The van der Waals surface area contributed by atoms with E-state index in [2.05, 4.69) is 9.64 Å². The number of amides is 1. The van der Waals surface area contributed by atoms with Crippen molar-refractivity contribution in [3.63, 3.8) is 0 Å². The highest BCUT2D eigenvalue weighted by molar-refractivity contribution is 6.37. The van der Waals surface area contributed by atoms with Gasteiger partial charge in [-0.1, -0.05) is 46.9 Å². The Bertz CT molecular complexity index is 890. The average molecular weight is 472 g/mol. The summed E-state index contributed by atoms with van der Waals surface area (Å²) in [7, 11) is 1.27. The average Bonchev–Trinajstić information content (AvgIpc) is 2.74. The molecule has 9 heteroatoms. The van der Waals surface area contributed by atoms with E-state index in [0.29, 0.717) is 18.1 Å². The van der Waals surface area contributed by atoms with Gasteiger partial charge in [0.1, 0.15) is 0 Å². The summed E-state index contributed by atoms with van der Waals surface area (Å²) in [4.78, 5) is 28.2. The van der Waals surface area contributed by atoms with Crippen molar-refractivity contribution in [2.75, 3.05) is 39.9 Å². The van der Waals surface area contributed by atoms with Crippen LogP contribution >= 0.6 is 34.8 Å². The van der Waals surface area contributed by atoms with Crippen LogP contribution < -0.4 is 4.74 Å². The molecule has 160 valence electrons. The molecule has 2 aromatic rings. The van der Waals surface area contributed by atoms with Gasteiger partial charge in [0, 0.05) is 37.7 Å². The molecular formula is C21H21Cl3N2O4. The lowest BCUT2D eigenvalue weighted by Gasteiger charge is -2.34. The Morgan fingerprint density at radius 2 is 1.57 bits per heavy atom. The largest absolute Gasteiger partial charge is 0.481 e. The van der Waals surface area contributed by atoms with E-state index in [-0.39, 0.29) is 33.9 Å². The second-order valence-corrected chi connectivity index (χ2v) is 8.08. The first-order valence-electron chi connectivity index (χ1n) is 9.32. The van der Waals surface area contributed by atoms with Crippen LogP contribution in [0.4, 0.5) is 0 Å². The second kappa shape index (κ2) is 10.4. The molecule has 1 heterocycles. The number of ether oxygens (including phenoxy) is 2. The molecule has 0 unspecified atom stereocenters. The summed E-state index contributed by atoms with van der Waals surface area (Å²) in [5.41, 5.74) is 1.39. The summed E-state index contributed by atoms with van der Waals surface area (Å²) in [6.45, 7) is 3.38. The minimum Gasteiger partial charge on any atom is -0.481 e. The fourth-order valence-electron chi connectivity index (χ4n) is 3.16. The lowest BCUT2D eigenvalue weighted by molar-refractivity contribution is -0.135. The summed E-state index contributed by atoms with van der Waals surface area (Å²) >= 11 is 18.2. The molecule has 1 saturated heterocycles. The van der Waals surface area contributed by atoms with E-state index >= 15 is 0 Å². The number of hydrogen-bond donors (Lipinski definition) is 0. The fraction of sp³-hybridized carbons (Fsp3) is 0.333. The zero-order valence-corrected chi connectivity index (χ0v) is 18.6. The van der Waals surface area contributed by atoms with Gasteiger partial charge in [-0.25, -0.2) is 4.79 Å². The third-order valence-corrected chi connectivity index (χ3v) is 5.62. The van der Waals surface area contributed by atoms with Crippen LogP contribution in [0, 0.1) is 0 Å². The van der Waals surface area contributed by atoms with E-state index in [1.807, 2.05) is 24.3 Å². The highest BCUT2D eigenvalue weighted by Crippen LogP contribution is 2.34. The van der Waals surface area contributed by atoms with Gasteiger partial charge in [-0.05, 0) is 29.8 Å². The molecule has 0 saturated carbocycles. The standard InChI is InChI=1S/C21H21Cl3N2O4/c1-29-21(28)15-10-17(23)20(18(24)11-15)30-13-19(27)26-8-6-25(7-9-26)12-14-2-4-16(22)5-3-14/h2-5,10-11H,6-9,12-13H2,1H3. The number of nitrogens with zero attached hydrogens (tertiary/aromatic N) is 2. The van der Waals surface area contributed by atoms with Gasteiger partial charge < -0.3 is 14.4 Å². The number of esters is 1. The van der Waals surface area contributed by atoms with E-state index in [1.54, 1.807) is 4.90 Å². The first kappa shape index (κ1) is 22.7. The SMILES string of the molecule is COC(=O)c1cc(Cl)c(OCC(=O)N2CCN(Cc3ccc(Cl)cc3)CC2)c(Cl)c1. The highest BCUT2D eigenvalue weighted by Gasteiger charge is 2.22. The zero-order valence-electron chi connectivity index (χ0n) is 16.4. The first-order valence-corrected chi connectivity index (χ1v) is 10.5. The number of carbonyl (C=O) groups is 2. The third kappa shape index (κ3) is 5.79. The molecule has 0 aromatic heterocycles. The monoisotopic (exact) mass is 470 g/mol. The van der Waals surface area contributed by atoms with Crippen LogP contribution in [0.1, 0.15) is 15.9 Å². The van der Waals surface area contributed by atoms with Crippen molar-refractivity contribution in [1.82, 2.24) is 9.80 Å². The van der Waals surface area contributed by atoms with Crippen molar-refractivity contribution in [2.24, 2.45) is 0 Å². The van der Waals surface area contributed by atoms with Crippen LogP contribution in [0.25, 0.3) is 0 Å². The van der Waals surface area contributed by atoms with Gasteiger partial charge in [0.15, 0.2) is 12.4 Å².